The van der Waals surface area contributed by atoms with E-state index in [0.717, 1.165) is 21.8 Å². The molecule has 0 unspecified atom stereocenters. The Morgan fingerprint density at radius 3 is 2.73 bits per heavy atom. The Hall–Kier alpha value is -2.45. The summed E-state index contributed by atoms with van der Waals surface area (Å²) in [6, 6.07) is 14.3. The van der Waals surface area contributed by atoms with Crippen molar-refractivity contribution in [3.8, 4) is 11.5 Å². The minimum absolute atomic E-state index is 0.0547. The van der Waals surface area contributed by atoms with Gasteiger partial charge in [0, 0.05) is 15.7 Å². The predicted octanol–water partition coefficient (Wildman–Crippen LogP) is 4.43. The highest BCUT2D eigenvalue weighted by Gasteiger charge is 2.13. The van der Waals surface area contributed by atoms with Gasteiger partial charge in [-0.15, -0.1) is 10.2 Å². The van der Waals surface area contributed by atoms with Gasteiger partial charge in [0.1, 0.15) is 0 Å². The van der Waals surface area contributed by atoms with Crippen LogP contribution < -0.4 is 5.32 Å². The minimum atomic E-state index is -0.226. The SMILES string of the molecule is CC(=O)c1cccc(NC(=O)CSc2nnc(-c3ccccc3Br)o2)c1. The van der Waals surface area contributed by atoms with Gasteiger partial charge in [-0.1, -0.05) is 36.0 Å². The second kappa shape index (κ2) is 8.29. The molecule has 1 amide bonds. The molecule has 0 atom stereocenters. The maximum Gasteiger partial charge on any atom is 0.277 e. The molecule has 0 aliphatic heterocycles. The molecule has 2 aromatic carbocycles. The Bertz CT molecular complexity index is 958. The molecular formula is C18H14BrN3O3S. The molecule has 0 aliphatic carbocycles. The van der Waals surface area contributed by atoms with Crippen LogP contribution in [0.3, 0.4) is 0 Å². The molecule has 3 aromatic rings. The molecule has 0 saturated heterocycles. The van der Waals surface area contributed by atoms with Crippen LogP contribution in [0, 0.1) is 0 Å². The number of thioether (sulfide) groups is 1. The highest BCUT2D eigenvalue weighted by molar-refractivity contribution is 9.10. The molecule has 0 radical (unpaired) electrons. The van der Waals surface area contributed by atoms with E-state index in [-0.39, 0.29) is 17.4 Å². The average molecular weight is 432 g/mol. The number of aromatic nitrogens is 2. The van der Waals surface area contributed by atoms with E-state index in [0.29, 0.717) is 22.4 Å². The van der Waals surface area contributed by atoms with Crippen LogP contribution in [0.15, 0.2) is 62.6 Å². The lowest BCUT2D eigenvalue weighted by Crippen LogP contribution is -2.14. The number of carbonyl (C=O) groups is 2. The summed E-state index contributed by atoms with van der Waals surface area (Å²) in [4.78, 5) is 23.5. The Morgan fingerprint density at radius 1 is 1.15 bits per heavy atom. The first-order chi connectivity index (χ1) is 12.5. The van der Waals surface area contributed by atoms with Gasteiger partial charge < -0.3 is 9.73 Å². The molecule has 1 N–H and O–H groups in total. The van der Waals surface area contributed by atoms with Gasteiger partial charge in [0.25, 0.3) is 5.22 Å². The first-order valence-corrected chi connectivity index (χ1v) is 9.43. The van der Waals surface area contributed by atoms with Crippen LogP contribution in [-0.4, -0.2) is 27.6 Å². The number of hydrogen-bond donors (Lipinski definition) is 1. The van der Waals surface area contributed by atoms with Crippen molar-refractivity contribution < 1.29 is 14.0 Å². The number of anilines is 1. The maximum absolute atomic E-state index is 12.1. The zero-order chi connectivity index (χ0) is 18.5. The summed E-state index contributed by atoms with van der Waals surface area (Å²) < 4.78 is 6.44. The molecule has 0 saturated carbocycles. The topological polar surface area (TPSA) is 85.1 Å². The van der Waals surface area contributed by atoms with Crippen LogP contribution in [0.5, 0.6) is 0 Å². The number of ketones is 1. The van der Waals surface area contributed by atoms with Crippen LogP contribution in [0.2, 0.25) is 0 Å². The number of benzene rings is 2. The average Bonchev–Trinajstić information content (AvgIpc) is 3.09. The van der Waals surface area contributed by atoms with Gasteiger partial charge in [0.15, 0.2) is 5.78 Å². The fourth-order valence-corrected chi connectivity index (χ4v) is 3.17. The fourth-order valence-electron chi connectivity index (χ4n) is 2.15. The van der Waals surface area contributed by atoms with Gasteiger partial charge in [0.05, 0.1) is 11.3 Å². The lowest BCUT2D eigenvalue weighted by Gasteiger charge is -2.05. The molecule has 0 bridgehead atoms. The number of Topliss-reactive ketones (excluding diaryl/α,β-unsaturated/α-hetero) is 1. The van der Waals surface area contributed by atoms with Crippen LogP contribution in [0.25, 0.3) is 11.5 Å². The van der Waals surface area contributed by atoms with Crippen LogP contribution in [0.1, 0.15) is 17.3 Å². The predicted molar refractivity (Wildman–Crippen MR) is 103 cm³/mol. The Balaban J connectivity index is 1.59. The molecule has 0 fully saturated rings. The monoisotopic (exact) mass is 431 g/mol. The third-order valence-electron chi connectivity index (χ3n) is 3.39. The van der Waals surface area contributed by atoms with Crippen molar-refractivity contribution in [3.63, 3.8) is 0 Å². The molecule has 8 heteroatoms. The summed E-state index contributed by atoms with van der Waals surface area (Å²) in [6.45, 7) is 1.48. The normalized spacial score (nSPS) is 10.5. The van der Waals surface area contributed by atoms with E-state index in [9.17, 15) is 9.59 Å². The van der Waals surface area contributed by atoms with Crippen molar-refractivity contribution in [1.29, 1.82) is 0 Å². The van der Waals surface area contributed by atoms with E-state index in [2.05, 4.69) is 31.4 Å². The summed E-state index contributed by atoms with van der Waals surface area (Å²) in [5.41, 5.74) is 1.91. The van der Waals surface area contributed by atoms with Crippen molar-refractivity contribution in [2.24, 2.45) is 0 Å². The van der Waals surface area contributed by atoms with Gasteiger partial charge in [-0.3, -0.25) is 9.59 Å². The maximum atomic E-state index is 12.1. The van der Waals surface area contributed by atoms with Gasteiger partial charge in [-0.05, 0) is 47.1 Å². The number of halogens is 1. The zero-order valence-corrected chi connectivity index (χ0v) is 16.1. The van der Waals surface area contributed by atoms with E-state index in [4.69, 9.17) is 4.42 Å². The standard InChI is InChI=1S/C18H14BrN3O3S/c1-11(23)12-5-4-6-13(9-12)20-16(24)10-26-18-22-21-17(25-18)14-7-2-3-8-15(14)19/h2-9H,10H2,1H3,(H,20,24). The minimum Gasteiger partial charge on any atom is -0.411 e. The first kappa shape index (κ1) is 18.3. The number of hydrogen-bond acceptors (Lipinski definition) is 6. The van der Waals surface area contributed by atoms with Crippen molar-refractivity contribution in [2.75, 3.05) is 11.1 Å². The highest BCUT2D eigenvalue weighted by atomic mass is 79.9. The van der Waals surface area contributed by atoms with Gasteiger partial charge in [0.2, 0.25) is 11.8 Å². The lowest BCUT2D eigenvalue weighted by molar-refractivity contribution is -0.113. The van der Waals surface area contributed by atoms with Gasteiger partial charge in [-0.25, -0.2) is 0 Å². The number of carbonyl (C=O) groups excluding carboxylic acids is 2. The van der Waals surface area contributed by atoms with Gasteiger partial charge >= 0.3 is 0 Å². The Morgan fingerprint density at radius 2 is 1.96 bits per heavy atom. The molecule has 132 valence electrons. The largest absolute Gasteiger partial charge is 0.411 e. The Labute approximate surface area is 162 Å². The van der Waals surface area contributed by atoms with E-state index in [1.54, 1.807) is 24.3 Å². The molecule has 1 aromatic heterocycles. The van der Waals surface area contributed by atoms with Crippen molar-refractivity contribution in [1.82, 2.24) is 10.2 Å². The zero-order valence-electron chi connectivity index (χ0n) is 13.7. The van der Waals surface area contributed by atoms with E-state index in [1.807, 2.05) is 24.3 Å². The lowest BCUT2D eigenvalue weighted by atomic mass is 10.1. The quantitative estimate of drug-likeness (QED) is 0.458. The van der Waals surface area contributed by atoms with E-state index < -0.39 is 0 Å². The summed E-state index contributed by atoms with van der Waals surface area (Å²) >= 11 is 4.58. The smallest absolute Gasteiger partial charge is 0.277 e. The Kier molecular flexibility index (Phi) is 5.85. The molecule has 6 nitrogen and oxygen atoms in total. The fraction of sp³-hybridized carbons (Fsp3) is 0.111. The number of nitrogens with one attached hydrogen (secondary N) is 1. The third-order valence-corrected chi connectivity index (χ3v) is 4.90. The van der Waals surface area contributed by atoms with Crippen LogP contribution >= 0.6 is 27.7 Å². The van der Waals surface area contributed by atoms with Crippen LogP contribution in [-0.2, 0) is 4.79 Å². The summed E-state index contributed by atoms with van der Waals surface area (Å²) in [6.07, 6.45) is 0. The summed E-state index contributed by atoms with van der Waals surface area (Å²) in [5.74, 6) is 0.217. The second-order valence-corrected chi connectivity index (χ2v) is 7.11. The van der Waals surface area contributed by atoms with E-state index >= 15 is 0 Å². The summed E-state index contributed by atoms with van der Waals surface area (Å²) in [7, 11) is 0. The number of rotatable bonds is 6. The second-order valence-electron chi connectivity index (χ2n) is 5.33. The highest BCUT2D eigenvalue weighted by Crippen LogP contribution is 2.29. The molecule has 3 rings (SSSR count). The van der Waals surface area contributed by atoms with Crippen molar-refractivity contribution in [3.05, 3.63) is 58.6 Å². The molecule has 1 heterocycles. The molecule has 0 aliphatic rings. The summed E-state index contributed by atoms with van der Waals surface area (Å²) in [5, 5.41) is 11.0. The molecule has 0 spiro atoms. The molecule has 26 heavy (non-hydrogen) atoms. The number of amides is 1. The third kappa shape index (κ3) is 4.59. The van der Waals surface area contributed by atoms with Crippen LogP contribution in [0.4, 0.5) is 5.69 Å². The van der Waals surface area contributed by atoms with Crippen molar-refractivity contribution in [2.45, 2.75) is 12.1 Å². The molecular weight excluding hydrogens is 418 g/mol. The first-order valence-electron chi connectivity index (χ1n) is 7.65. The van der Waals surface area contributed by atoms with Gasteiger partial charge in [-0.2, -0.15) is 0 Å². The number of nitrogens with zero attached hydrogens (tertiary/aromatic N) is 2. The van der Waals surface area contributed by atoms with Crippen molar-refractivity contribution >= 4 is 45.1 Å². The van der Waals surface area contributed by atoms with E-state index in [1.165, 1.54) is 6.92 Å².